The van der Waals surface area contributed by atoms with Gasteiger partial charge in [0.15, 0.2) is 0 Å². The molecule has 2 fully saturated rings. The number of pyridine rings is 1. The number of aromatic nitrogens is 1. The molecule has 9 heteroatoms. The summed E-state index contributed by atoms with van der Waals surface area (Å²) in [6.45, 7) is 3.79. The molecule has 2 amide bonds. The van der Waals surface area contributed by atoms with Gasteiger partial charge in [0.1, 0.15) is 5.82 Å². The first-order valence-electron chi connectivity index (χ1n) is 8.19. The molecule has 1 unspecified atom stereocenters. The SMILES string of the molecule is Cl.Cl.O=C1CN(c2ccc(NC(=O)CCC3CCNC3)cn2)CCN1. The second-order valence-corrected chi connectivity index (χ2v) is 6.12. The fourth-order valence-electron chi connectivity index (χ4n) is 3.00. The Balaban J connectivity index is 0.00000156. The molecule has 0 saturated carbocycles. The van der Waals surface area contributed by atoms with Crippen molar-refractivity contribution in [3.05, 3.63) is 18.3 Å². The van der Waals surface area contributed by atoms with Crippen molar-refractivity contribution in [1.29, 1.82) is 0 Å². The molecule has 0 aromatic carbocycles. The lowest BCUT2D eigenvalue weighted by Gasteiger charge is -2.27. The molecule has 3 heterocycles. The zero-order valence-electron chi connectivity index (χ0n) is 14.0. The van der Waals surface area contributed by atoms with Crippen LogP contribution in [0.5, 0.6) is 0 Å². The molecule has 25 heavy (non-hydrogen) atoms. The Hall–Kier alpha value is -1.57. The number of hydrogen-bond acceptors (Lipinski definition) is 5. The van der Waals surface area contributed by atoms with Crippen LogP contribution in [0.2, 0.25) is 0 Å². The Bertz CT molecular complexity index is 564. The molecule has 3 N–H and O–H groups in total. The molecule has 0 bridgehead atoms. The molecule has 0 radical (unpaired) electrons. The number of nitrogens with zero attached hydrogens (tertiary/aromatic N) is 2. The van der Waals surface area contributed by atoms with E-state index in [1.165, 1.54) is 0 Å². The number of anilines is 2. The number of halogens is 2. The number of rotatable bonds is 5. The number of nitrogens with one attached hydrogen (secondary N) is 3. The average molecular weight is 390 g/mol. The topological polar surface area (TPSA) is 86.4 Å². The molecule has 7 nitrogen and oxygen atoms in total. The quantitative estimate of drug-likeness (QED) is 0.703. The average Bonchev–Trinajstić information content (AvgIpc) is 3.07. The molecule has 1 aromatic rings. The fourth-order valence-corrected chi connectivity index (χ4v) is 3.00. The predicted molar refractivity (Wildman–Crippen MR) is 103 cm³/mol. The zero-order valence-corrected chi connectivity index (χ0v) is 15.6. The van der Waals surface area contributed by atoms with Gasteiger partial charge in [-0.05, 0) is 44.0 Å². The van der Waals surface area contributed by atoms with Crippen LogP contribution in [0.15, 0.2) is 18.3 Å². The Morgan fingerprint density at radius 3 is 2.80 bits per heavy atom. The zero-order chi connectivity index (χ0) is 16.1. The van der Waals surface area contributed by atoms with E-state index in [4.69, 9.17) is 0 Å². The highest BCUT2D eigenvalue weighted by molar-refractivity contribution is 5.90. The molecule has 0 spiro atoms. The van der Waals surface area contributed by atoms with Crippen LogP contribution in [-0.2, 0) is 9.59 Å². The van der Waals surface area contributed by atoms with E-state index in [0.29, 0.717) is 31.1 Å². The number of piperazine rings is 1. The van der Waals surface area contributed by atoms with Gasteiger partial charge in [0, 0.05) is 19.5 Å². The van der Waals surface area contributed by atoms with Crippen molar-refractivity contribution in [3.63, 3.8) is 0 Å². The molecular weight excluding hydrogens is 365 g/mol. The maximum Gasteiger partial charge on any atom is 0.239 e. The standard InChI is InChI=1S/C16H23N5O2.2ClH/c22-15(4-1-12-5-6-17-9-12)20-13-2-3-14(19-10-13)21-8-7-18-16(23)11-21;;/h2-3,10,12,17H,1,4-9,11H2,(H,18,23)(H,20,22);2*1H. The van der Waals surface area contributed by atoms with Gasteiger partial charge in [-0.3, -0.25) is 9.59 Å². The van der Waals surface area contributed by atoms with Gasteiger partial charge in [-0.25, -0.2) is 4.98 Å². The maximum absolute atomic E-state index is 12.0. The van der Waals surface area contributed by atoms with Gasteiger partial charge in [0.25, 0.3) is 0 Å². The minimum Gasteiger partial charge on any atom is -0.353 e. The van der Waals surface area contributed by atoms with Crippen LogP contribution in [0.25, 0.3) is 0 Å². The molecule has 1 atom stereocenters. The number of amides is 2. The number of carbonyl (C=O) groups is 2. The van der Waals surface area contributed by atoms with Crippen LogP contribution in [0.4, 0.5) is 11.5 Å². The first-order valence-corrected chi connectivity index (χ1v) is 8.19. The lowest BCUT2D eigenvalue weighted by molar-refractivity contribution is -0.120. The Labute approximate surface area is 160 Å². The van der Waals surface area contributed by atoms with E-state index in [0.717, 1.165) is 38.3 Å². The van der Waals surface area contributed by atoms with Gasteiger partial charge in [-0.1, -0.05) is 0 Å². The van der Waals surface area contributed by atoms with Crippen molar-refractivity contribution >= 4 is 48.1 Å². The summed E-state index contributed by atoms with van der Waals surface area (Å²) in [6, 6.07) is 3.68. The Morgan fingerprint density at radius 2 is 2.16 bits per heavy atom. The van der Waals surface area contributed by atoms with Crippen molar-refractivity contribution in [2.45, 2.75) is 19.3 Å². The highest BCUT2D eigenvalue weighted by Gasteiger charge is 2.18. The van der Waals surface area contributed by atoms with Gasteiger partial charge in [-0.2, -0.15) is 0 Å². The smallest absolute Gasteiger partial charge is 0.239 e. The predicted octanol–water partition coefficient (Wildman–Crippen LogP) is 1.19. The minimum atomic E-state index is 0. The summed E-state index contributed by atoms with van der Waals surface area (Å²) in [5.41, 5.74) is 0.699. The first-order chi connectivity index (χ1) is 11.2. The van der Waals surface area contributed by atoms with Crippen molar-refractivity contribution in [1.82, 2.24) is 15.6 Å². The summed E-state index contributed by atoms with van der Waals surface area (Å²) in [6.07, 6.45) is 4.28. The number of hydrogen-bond donors (Lipinski definition) is 3. The Kier molecular flexibility index (Phi) is 8.96. The van der Waals surface area contributed by atoms with Crippen LogP contribution in [0.1, 0.15) is 19.3 Å². The summed E-state index contributed by atoms with van der Waals surface area (Å²) in [5, 5.41) is 8.98. The van der Waals surface area contributed by atoms with Crippen LogP contribution >= 0.6 is 24.8 Å². The van der Waals surface area contributed by atoms with E-state index in [1.54, 1.807) is 6.20 Å². The van der Waals surface area contributed by atoms with Gasteiger partial charge >= 0.3 is 0 Å². The van der Waals surface area contributed by atoms with Crippen LogP contribution in [0.3, 0.4) is 0 Å². The fraction of sp³-hybridized carbons (Fsp3) is 0.562. The molecule has 3 rings (SSSR count). The van der Waals surface area contributed by atoms with Crippen molar-refractivity contribution in [2.75, 3.05) is 42.9 Å². The van der Waals surface area contributed by atoms with E-state index < -0.39 is 0 Å². The lowest BCUT2D eigenvalue weighted by atomic mass is 10.0. The van der Waals surface area contributed by atoms with E-state index >= 15 is 0 Å². The van der Waals surface area contributed by atoms with E-state index in [2.05, 4.69) is 20.9 Å². The third kappa shape index (κ3) is 6.34. The summed E-state index contributed by atoms with van der Waals surface area (Å²) >= 11 is 0. The van der Waals surface area contributed by atoms with Gasteiger partial charge in [0.05, 0.1) is 18.4 Å². The van der Waals surface area contributed by atoms with Gasteiger partial charge < -0.3 is 20.9 Å². The van der Waals surface area contributed by atoms with Crippen molar-refractivity contribution < 1.29 is 9.59 Å². The van der Waals surface area contributed by atoms with Gasteiger partial charge in [-0.15, -0.1) is 24.8 Å². The molecule has 1 aromatic heterocycles. The number of carbonyl (C=O) groups excluding carboxylic acids is 2. The molecule has 140 valence electrons. The van der Waals surface area contributed by atoms with E-state index in [9.17, 15) is 9.59 Å². The van der Waals surface area contributed by atoms with E-state index in [1.807, 2.05) is 17.0 Å². The van der Waals surface area contributed by atoms with Gasteiger partial charge in [0.2, 0.25) is 11.8 Å². The largest absolute Gasteiger partial charge is 0.353 e. The first kappa shape index (κ1) is 21.5. The minimum absolute atomic E-state index is 0. The Morgan fingerprint density at radius 1 is 1.32 bits per heavy atom. The van der Waals surface area contributed by atoms with E-state index in [-0.39, 0.29) is 36.6 Å². The third-order valence-corrected chi connectivity index (χ3v) is 4.34. The van der Waals surface area contributed by atoms with Crippen LogP contribution in [0, 0.1) is 5.92 Å². The van der Waals surface area contributed by atoms with Crippen molar-refractivity contribution in [2.24, 2.45) is 5.92 Å². The third-order valence-electron chi connectivity index (χ3n) is 4.34. The summed E-state index contributed by atoms with van der Waals surface area (Å²) < 4.78 is 0. The molecular formula is C16H25Cl2N5O2. The highest BCUT2D eigenvalue weighted by atomic mass is 35.5. The summed E-state index contributed by atoms with van der Waals surface area (Å²) in [5.74, 6) is 1.42. The normalized spacial score (nSPS) is 19.4. The molecule has 0 aliphatic carbocycles. The molecule has 2 aliphatic heterocycles. The van der Waals surface area contributed by atoms with Crippen molar-refractivity contribution in [3.8, 4) is 0 Å². The lowest BCUT2D eigenvalue weighted by Crippen LogP contribution is -2.48. The molecule has 2 aliphatic rings. The maximum atomic E-state index is 12.0. The second kappa shape index (κ2) is 10.4. The van der Waals surface area contributed by atoms with Crippen LogP contribution in [-0.4, -0.2) is 49.5 Å². The summed E-state index contributed by atoms with van der Waals surface area (Å²) in [4.78, 5) is 29.7. The monoisotopic (exact) mass is 389 g/mol. The van der Waals surface area contributed by atoms with Crippen LogP contribution < -0.4 is 20.9 Å². The highest BCUT2D eigenvalue weighted by Crippen LogP contribution is 2.17. The summed E-state index contributed by atoms with van der Waals surface area (Å²) in [7, 11) is 0. The molecule has 2 saturated heterocycles. The second-order valence-electron chi connectivity index (χ2n) is 6.12.